The van der Waals surface area contributed by atoms with Crippen LogP contribution in [0.3, 0.4) is 0 Å². The lowest BCUT2D eigenvalue weighted by Gasteiger charge is -2.42. The van der Waals surface area contributed by atoms with E-state index in [-0.39, 0.29) is 26.1 Å². The van der Waals surface area contributed by atoms with Crippen molar-refractivity contribution in [3.8, 4) is 0 Å². The Morgan fingerprint density at radius 2 is 0.962 bits per heavy atom. The molecule has 2 saturated heterocycles. The molecule has 2 rings (SSSR count). The molecule has 0 aromatic rings. The first-order valence-electron chi connectivity index (χ1n) is 20.1. The minimum atomic E-state index is -1.75. The number of unbranched alkanes of at least 4 members (excludes halogenated alkanes) is 15. The van der Waals surface area contributed by atoms with E-state index in [4.69, 9.17) is 28.4 Å². The summed E-state index contributed by atoms with van der Waals surface area (Å²) in [6.07, 6.45) is 2.62. The Morgan fingerprint density at radius 1 is 0.528 bits per heavy atom. The average molecular weight is 767 g/mol. The van der Waals surface area contributed by atoms with Crippen LogP contribution >= 0.6 is 0 Å². The Balaban J connectivity index is 1.82. The van der Waals surface area contributed by atoms with E-state index in [1.54, 1.807) is 0 Å². The standard InChI is InChI=1S/C38H70O15/c1-3-5-7-8-9-10-11-12-13-14-15-16-17-19-21-30(41)51-26(23-48-29(40)20-18-6-4-2)24-49-37-36(47)34(45)32(43)28(53-37)25-50-38-35(46)33(44)31(42)27(22-39)52-38/h26-28,31-39,42-47H,3-25H2,1-2H3. The van der Waals surface area contributed by atoms with Gasteiger partial charge in [-0.15, -0.1) is 0 Å². The van der Waals surface area contributed by atoms with Gasteiger partial charge in [0, 0.05) is 12.8 Å². The quantitative estimate of drug-likeness (QED) is 0.0429. The predicted molar refractivity (Wildman–Crippen MR) is 192 cm³/mol. The highest BCUT2D eigenvalue weighted by molar-refractivity contribution is 5.70. The van der Waals surface area contributed by atoms with Gasteiger partial charge in [-0.25, -0.2) is 0 Å². The van der Waals surface area contributed by atoms with Gasteiger partial charge in [-0.05, 0) is 12.8 Å². The molecule has 0 amide bonds. The van der Waals surface area contributed by atoms with Gasteiger partial charge in [-0.2, -0.15) is 0 Å². The van der Waals surface area contributed by atoms with Crippen LogP contribution in [0.25, 0.3) is 0 Å². The minimum Gasteiger partial charge on any atom is -0.462 e. The van der Waals surface area contributed by atoms with Gasteiger partial charge in [0.1, 0.15) is 55.4 Å². The summed E-state index contributed by atoms with van der Waals surface area (Å²) in [5.74, 6) is -0.949. The largest absolute Gasteiger partial charge is 0.462 e. The predicted octanol–water partition coefficient (Wildman–Crippen LogP) is 2.53. The van der Waals surface area contributed by atoms with E-state index in [9.17, 15) is 45.3 Å². The Hall–Kier alpha value is -1.50. The third-order valence-electron chi connectivity index (χ3n) is 9.84. The van der Waals surface area contributed by atoms with Crippen LogP contribution in [0.5, 0.6) is 0 Å². The van der Waals surface area contributed by atoms with Crippen LogP contribution in [0.15, 0.2) is 0 Å². The number of ether oxygens (including phenoxy) is 6. The molecule has 2 aliphatic heterocycles. The summed E-state index contributed by atoms with van der Waals surface area (Å²) in [4.78, 5) is 25.1. The zero-order chi connectivity index (χ0) is 39.0. The van der Waals surface area contributed by atoms with Gasteiger partial charge in [-0.1, -0.05) is 110 Å². The van der Waals surface area contributed by atoms with Gasteiger partial charge in [-0.3, -0.25) is 9.59 Å². The van der Waals surface area contributed by atoms with E-state index >= 15 is 0 Å². The number of carbonyl (C=O) groups excluding carboxylic acids is 2. The second kappa shape index (κ2) is 28.0. The van der Waals surface area contributed by atoms with Crippen LogP contribution in [-0.2, 0) is 38.0 Å². The van der Waals surface area contributed by atoms with Crippen molar-refractivity contribution in [3.63, 3.8) is 0 Å². The van der Waals surface area contributed by atoms with Gasteiger partial charge < -0.3 is 64.2 Å². The molecule has 2 aliphatic rings. The average Bonchev–Trinajstić information content (AvgIpc) is 3.15. The fourth-order valence-corrected chi connectivity index (χ4v) is 6.39. The Labute approximate surface area is 315 Å². The molecular formula is C38H70O15. The molecule has 53 heavy (non-hydrogen) atoms. The smallest absolute Gasteiger partial charge is 0.306 e. The summed E-state index contributed by atoms with van der Waals surface area (Å²) in [7, 11) is 0. The van der Waals surface area contributed by atoms with Crippen LogP contribution in [-0.4, -0.2) is 142 Å². The van der Waals surface area contributed by atoms with Crippen molar-refractivity contribution >= 4 is 11.9 Å². The summed E-state index contributed by atoms with van der Waals surface area (Å²) in [5.41, 5.74) is 0. The maximum absolute atomic E-state index is 12.8. The molecule has 0 aliphatic carbocycles. The van der Waals surface area contributed by atoms with Crippen LogP contribution in [0.1, 0.15) is 136 Å². The number of hydrogen-bond acceptors (Lipinski definition) is 15. The Morgan fingerprint density at radius 3 is 1.51 bits per heavy atom. The third kappa shape index (κ3) is 18.3. The van der Waals surface area contributed by atoms with Crippen LogP contribution in [0, 0.1) is 0 Å². The number of aliphatic hydroxyl groups excluding tert-OH is 7. The molecule has 0 spiro atoms. The Bertz CT molecular complexity index is 955. The summed E-state index contributed by atoms with van der Waals surface area (Å²) in [5, 5.41) is 71.3. The second-order valence-corrected chi connectivity index (χ2v) is 14.5. The normalized spacial score (nSPS) is 29.5. The van der Waals surface area contributed by atoms with Crippen molar-refractivity contribution in [3.05, 3.63) is 0 Å². The van der Waals surface area contributed by atoms with Crippen LogP contribution in [0.4, 0.5) is 0 Å². The van der Waals surface area contributed by atoms with Gasteiger partial charge >= 0.3 is 11.9 Å². The summed E-state index contributed by atoms with van der Waals surface area (Å²) in [6, 6.07) is 0. The molecule has 0 radical (unpaired) electrons. The van der Waals surface area contributed by atoms with Crippen molar-refractivity contribution in [2.45, 2.75) is 203 Å². The molecular weight excluding hydrogens is 696 g/mol. The summed E-state index contributed by atoms with van der Waals surface area (Å²) >= 11 is 0. The molecule has 0 aromatic carbocycles. The zero-order valence-corrected chi connectivity index (χ0v) is 32.0. The lowest BCUT2D eigenvalue weighted by molar-refractivity contribution is -0.332. The van der Waals surface area contributed by atoms with Crippen molar-refractivity contribution in [1.29, 1.82) is 0 Å². The highest BCUT2D eigenvalue weighted by atomic mass is 16.7. The SMILES string of the molecule is CCCCCCCCCCCCCCCCC(=O)OC(COC(=O)CCCCC)COC1OC(COC2OC(CO)C(O)C(O)C2O)C(O)C(O)C1O. The van der Waals surface area contributed by atoms with Gasteiger partial charge in [0.25, 0.3) is 0 Å². The van der Waals surface area contributed by atoms with Crippen LogP contribution in [0.2, 0.25) is 0 Å². The van der Waals surface area contributed by atoms with Gasteiger partial charge in [0.05, 0.1) is 19.8 Å². The molecule has 312 valence electrons. The minimum absolute atomic E-state index is 0.170. The number of hydrogen-bond donors (Lipinski definition) is 7. The van der Waals surface area contributed by atoms with Crippen molar-refractivity contribution in [1.82, 2.24) is 0 Å². The number of aliphatic hydroxyl groups is 7. The zero-order valence-electron chi connectivity index (χ0n) is 32.0. The molecule has 0 bridgehead atoms. The lowest BCUT2D eigenvalue weighted by Crippen LogP contribution is -2.61. The molecule has 15 heteroatoms. The van der Waals surface area contributed by atoms with E-state index in [2.05, 4.69) is 6.92 Å². The van der Waals surface area contributed by atoms with E-state index in [0.717, 1.165) is 32.1 Å². The summed E-state index contributed by atoms with van der Waals surface area (Å²) in [6.45, 7) is 2.37. The molecule has 15 nitrogen and oxygen atoms in total. The first kappa shape index (κ1) is 47.7. The molecule has 2 heterocycles. The van der Waals surface area contributed by atoms with E-state index in [1.165, 1.54) is 64.2 Å². The maximum atomic E-state index is 12.8. The molecule has 0 saturated carbocycles. The topological polar surface area (TPSA) is 231 Å². The van der Waals surface area contributed by atoms with Crippen molar-refractivity contribution < 1.29 is 73.8 Å². The van der Waals surface area contributed by atoms with E-state index < -0.39 is 92.7 Å². The number of esters is 2. The fraction of sp³-hybridized carbons (Fsp3) is 0.947. The van der Waals surface area contributed by atoms with Crippen molar-refractivity contribution in [2.75, 3.05) is 26.4 Å². The molecule has 11 atom stereocenters. The fourth-order valence-electron chi connectivity index (χ4n) is 6.39. The first-order valence-corrected chi connectivity index (χ1v) is 20.1. The van der Waals surface area contributed by atoms with E-state index in [0.29, 0.717) is 12.8 Å². The molecule has 2 fully saturated rings. The number of carbonyl (C=O) groups is 2. The van der Waals surface area contributed by atoms with Crippen LogP contribution < -0.4 is 0 Å². The second-order valence-electron chi connectivity index (χ2n) is 14.5. The highest BCUT2D eigenvalue weighted by Gasteiger charge is 2.47. The van der Waals surface area contributed by atoms with Gasteiger partial charge in [0.2, 0.25) is 0 Å². The van der Waals surface area contributed by atoms with Gasteiger partial charge in [0.15, 0.2) is 18.7 Å². The maximum Gasteiger partial charge on any atom is 0.306 e. The molecule has 0 aromatic heterocycles. The van der Waals surface area contributed by atoms with E-state index in [1.807, 2.05) is 6.92 Å². The third-order valence-corrected chi connectivity index (χ3v) is 9.84. The highest BCUT2D eigenvalue weighted by Crippen LogP contribution is 2.26. The Kier molecular flexibility index (Phi) is 25.2. The molecule has 7 N–H and O–H groups in total. The van der Waals surface area contributed by atoms with Crippen molar-refractivity contribution in [2.24, 2.45) is 0 Å². The first-order chi connectivity index (χ1) is 25.5. The monoisotopic (exact) mass is 766 g/mol. The number of rotatable bonds is 29. The molecule has 11 unspecified atom stereocenters. The summed E-state index contributed by atoms with van der Waals surface area (Å²) < 4.78 is 33.1. The lowest BCUT2D eigenvalue weighted by atomic mass is 9.98.